The van der Waals surface area contributed by atoms with Crippen LogP contribution in [0.2, 0.25) is 0 Å². The second-order valence-corrected chi connectivity index (χ2v) is 7.00. The van der Waals surface area contributed by atoms with E-state index in [4.69, 9.17) is 0 Å². The molecule has 6 nitrogen and oxygen atoms in total. The molecule has 0 unspecified atom stereocenters. The molecule has 1 fully saturated rings. The first-order valence-electron chi connectivity index (χ1n) is 8.13. The number of anilines is 1. The molecule has 4 aromatic heterocycles. The van der Waals surface area contributed by atoms with Gasteiger partial charge in [-0.2, -0.15) is 0 Å². The van der Waals surface area contributed by atoms with E-state index in [1.54, 1.807) is 17.7 Å². The molecule has 0 spiro atoms. The van der Waals surface area contributed by atoms with Crippen molar-refractivity contribution in [2.75, 3.05) is 18.0 Å². The number of nitrogens with zero attached hydrogens (tertiary/aromatic N) is 6. The van der Waals surface area contributed by atoms with Gasteiger partial charge in [0.1, 0.15) is 22.8 Å². The molecule has 24 heavy (non-hydrogen) atoms. The normalized spacial score (nSPS) is 18.5. The summed E-state index contributed by atoms with van der Waals surface area (Å²) < 4.78 is 2.11. The lowest BCUT2D eigenvalue weighted by Gasteiger charge is -2.33. The van der Waals surface area contributed by atoms with E-state index in [1.165, 1.54) is 0 Å². The van der Waals surface area contributed by atoms with Crippen molar-refractivity contribution in [3.63, 3.8) is 0 Å². The van der Waals surface area contributed by atoms with Gasteiger partial charge in [0, 0.05) is 25.2 Å². The number of fused-ring (bicyclic) bond motifs is 2. The number of pyridine rings is 1. The minimum Gasteiger partial charge on any atom is -0.355 e. The molecule has 1 saturated heterocycles. The molecule has 4 aromatic rings. The zero-order valence-electron chi connectivity index (χ0n) is 13.0. The second-order valence-electron chi connectivity index (χ2n) is 6.11. The lowest BCUT2D eigenvalue weighted by atomic mass is 9.97. The summed E-state index contributed by atoms with van der Waals surface area (Å²) >= 11 is 1.66. The van der Waals surface area contributed by atoms with Gasteiger partial charge in [-0.25, -0.2) is 9.97 Å². The third-order valence-electron chi connectivity index (χ3n) is 4.67. The van der Waals surface area contributed by atoms with Crippen molar-refractivity contribution < 1.29 is 0 Å². The second kappa shape index (κ2) is 5.52. The highest BCUT2D eigenvalue weighted by molar-refractivity contribution is 7.16. The smallest absolute Gasteiger partial charge is 0.160 e. The Morgan fingerprint density at radius 3 is 3.12 bits per heavy atom. The first kappa shape index (κ1) is 13.9. The summed E-state index contributed by atoms with van der Waals surface area (Å²) in [6.07, 6.45) is 5.97. The number of rotatable bonds is 2. The van der Waals surface area contributed by atoms with Crippen molar-refractivity contribution in [2.45, 2.75) is 18.8 Å². The molecule has 0 bridgehead atoms. The topological polar surface area (TPSA) is 59.2 Å². The molecule has 0 saturated carbocycles. The summed E-state index contributed by atoms with van der Waals surface area (Å²) in [5, 5.41) is 12.0. The number of aromatic nitrogens is 5. The molecular formula is C17H16N6S. The van der Waals surface area contributed by atoms with Gasteiger partial charge in [-0.1, -0.05) is 6.07 Å². The van der Waals surface area contributed by atoms with Crippen molar-refractivity contribution in [3.8, 4) is 0 Å². The largest absolute Gasteiger partial charge is 0.355 e. The predicted molar refractivity (Wildman–Crippen MR) is 94.6 cm³/mol. The summed E-state index contributed by atoms with van der Waals surface area (Å²) in [7, 11) is 0. The first-order valence-corrected chi connectivity index (χ1v) is 9.01. The van der Waals surface area contributed by atoms with Crippen LogP contribution in [0.25, 0.3) is 15.9 Å². The van der Waals surface area contributed by atoms with Gasteiger partial charge in [0.25, 0.3) is 0 Å². The van der Waals surface area contributed by atoms with Gasteiger partial charge in [-0.15, -0.1) is 21.5 Å². The van der Waals surface area contributed by atoms with Gasteiger partial charge in [0.2, 0.25) is 0 Å². The molecule has 7 heteroatoms. The van der Waals surface area contributed by atoms with E-state index in [0.29, 0.717) is 5.92 Å². The van der Waals surface area contributed by atoms with Crippen LogP contribution in [0.1, 0.15) is 24.6 Å². The molecule has 1 aliphatic rings. The van der Waals surface area contributed by atoms with E-state index >= 15 is 0 Å². The molecule has 5 heterocycles. The zero-order chi connectivity index (χ0) is 15.9. The summed E-state index contributed by atoms with van der Waals surface area (Å²) in [5.41, 5.74) is 0.909. The minimum atomic E-state index is 0.361. The fraction of sp³-hybridized carbons (Fsp3) is 0.294. The van der Waals surface area contributed by atoms with Crippen LogP contribution in [0.5, 0.6) is 0 Å². The van der Waals surface area contributed by atoms with E-state index in [2.05, 4.69) is 40.9 Å². The summed E-state index contributed by atoms with van der Waals surface area (Å²) in [6, 6.07) is 8.14. The lowest BCUT2D eigenvalue weighted by molar-refractivity contribution is 0.486. The first-order chi connectivity index (χ1) is 11.9. The Morgan fingerprint density at radius 1 is 1.12 bits per heavy atom. The molecule has 0 aromatic carbocycles. The van der Waals surface area contributed by atoms with Gasteiger partial charge in [0.05, 0.1) is 5.39 Å². The van der Waals surface area contributed by atoms with Gasteiger partial charge >= 0.3 is 0 Å². The fourth-order valence-electron chi connectivity index (χ4n) is 3.55. The number of hydrogen-bond donors (Lipinski definition) is 0. The minimum absolute atomic E-state index is 0.361. The summed E-state index contributed by atoms with van der Waals surface area (Å²) in [4.78, 5) is 12.3. The summed E-state index contributed by atoms with van der Waals surface area (Å²) in [6.45, 7) is 1.94. The molecule has 0 amide bonds. The van der Waals surface area contributed by atoms with E-state index in [9.17, 15) is 0 Å². The fourth-order valence-corrected chi connectivity index (χ4v) is 4.27. The Morgan fingerprint density at radius 2 is 2.12 bits per heavy atom. The van der Waals surface area contributed by atoms with Crippen LogP contribution in [0.3, 0.4) is 0 Å². The van der Waals surface area contributed by atoms with Crippen molar-refractivity contribution in [1.82, 2.24) is 24.6 Å². The van der Waals surface area contributed by atoms with Crippen molar-refractivity contribution in [1.29, 1.82) is 0 Å². The molecule has 1 aliphatic heterocycles. The number of hydrogen-bond acceptors (Lipinski definition) is 6. The monoisotopic (exact) mass is 336 g/mol. The van der Waals surface area contributed by atoms with E-state index in [-0.39, 0.29) is 0 Å². The molecule has 0 aliphatic carbocycles. The standard InChI is InChI=1S/C17H16N6S/c1-2-8-23-14(5-1)20-21-15(23)12-4-3-7-22(10-12)16-13-6-9-24-17(13)19-11-18-16/h1-2,5-6,8-9,11-12H,3-4,7,10H2/t12-/m0/s1. The van der Waals surface area contributed by atoms with Gasteiger partial charge in [-0.3, -0.25) is 4.40 Å². The summed E-state index contributed by atoms with van der Waals surface area (Å²) in [5.74, 6) is 2.45. The third-order valence-corrected chi connectivity index (χ3v) is 5.49. The van der Waals surface area contributed by atoms with E-state index in [1.807, 2.05) is 24.4 Å². The maximum atomic E-state index is 4.56. The average molecular weight is 336 g/mol. The highest BCUT2D eigenvalue weighted by Crippen LogP contribution is 2.32. The highest BCUT2D eigenvalue weighted by Gasteiger charge is 2.27. The lowest BCUT2D eigenvalue weighted by Crippen LogP contribution is -2.35. The molecule has 120 valence electrons. The predicted octanol–water partition coefficient (Wildman–Crippen LogP) is 3.12. The Kier molecular flexibility index (Phi) is 3.19. The van der Waals surface area contributed by atoms with Crippen LogP contribution >= 0.6 is 11.3 Å². The van der Waals surface area contributed by atoms with Crippen LogP contribution < -0.4 is 4.90 Å². The van der Waals surface area contributed by atoms with Crippen LogP contribution in [0.15, 0.2) is 42.2 Å². The molecule has 5 rings (SSSR count). The Labute approximate surface area is 142 Å². The SMILES string of the molecule is c1ccn2c([C@H]3CCCN(c4ncnc5sccc45)C3)nnc2c1. The van der Waals surface area contributed by atoms with E-state index in [0.717, 1.165) is 53.4 Å². The van der Waals surface area contributed by atoms with Crippen molar-refractivity contribution in [2.24, 2.45) is 0 Å². The Hall–Kier alpha value is -2.54. The molecule has 0 N–H and O–H groups in total. The van der Waals surface area contributed by atoms with Crippen molar-refractivity contribution >= 4 is 33.0 Å². The molecule has 0 radical (unpaired) electrons. The highest BCUT2D eigenvalue weighted by atomic mass is 32.1. The molecule has 1 atom stereocenters. The van der Waals surface area contributed by atoms with Crippen molar-refractivity contribution in [3.05, 3.63) is 48.0 Å². The number of piperidine rings is 1. The average Bonchev–Trinajstić information content (AvgIpc) is 3.28. The van der Waals surface area contributed by atoms with Crippen LogP contribution in [-0.4, -0.2) is 37.7 Å². The zero-order valence-corrected chi connectivity index (χ0v) is 13.9. The van der Waals surface area contributed by atoms with Crippen LogP contribution in [0, 0.1) is 0 Å². The Bertz CT molecular complexity index is 1010. The quantitative estimate of drug-likeness (QED) is 0.563. The van der Waals surface area contributed by atoms with E-state index < -0.39 is 0 Å². The van der Waals surface area contributed by atoms with Gasteiger partial charge in [-0.05, 0) is 36.4 Å². The maximum absolute atomic E-state index is 4.56. The van der Waals surface area contributed by atoms with Gasteiger partial charge in [0.15, 0.2) is 5.65 Å². The van der Waals surface area contributed by atoms with Crippen LogP contribution in [-0.2, 0) is 0 Å². The number of thiophene rings is 1. The maximum Gasteiger partial charge on any atom is 0.160 e. The third kappa shape index (κ3) is 2.16. The van der Waals surface area contributed by atoms with Crippen LogP contribution in [0.4, 0.5) is 5.82 Å². The molecular weight excluding hydrogens is 320 g/mol. The van der Waals surface area contributed by atoms with Gasteiger partial charge < -0.3 is 4.90 Å². The Balaban J connectivity index is 1.51.